The molecule has 7 nitrogen and oxygen atoms in total. The normalized spacial score (nSPS) is 12.3. The van der Waals surface area contributed by atoms with Crippen LogP contribution in [0.25, 0.3) is 11.0 Å². The number of aryl methyl sites for hydroxylation is 1. The molecule has 0 spiro atoms. The molecule has 0 aliphatic carbocycles. The van der Waals surface area contributed by atoms with Crippen molar-refractivity contribution in [2.24, 2.45) is 0 Å². The summed E-state index contributed by atoms with van der Waals surface area (Å²) in [5, 5.41) is 2.80. The van der Waals surface area contributed by atoms with Crippen LogP contribution in [0.15, 0.2) is 40.2 Å². The van der Waals surface area contributed by atoms with E-state index in [2.05, 4.69) is 15.3 Å². The summed E-state index contributed by atoms with van der Waals surface area (Å²) in [6, 6.07) is 5.41. The van der Waals surface area contributed by atoms with Gasteiger partial charge >= 0.3 is 0 Å². The minimum Gasteiger partial charge on any atom is -0.324 e. The van der Waals surface area contributed by atoms with Crippen LogP contribution in [-0.2, 0) is 9.84 Å². The number of pyridine rings is 1. The topological polar surface area (TPSA) is 94.0 Å². The molecule has 166 valence electrons. The first kappa shape index (κ1) is 22.8. The molecule has 1 aromatic carbocycles. The van der Waals surface area contributed by atoms with E-state index < -0.39 is 38.7 Å². The zero-order chi connectivity index (χ0) is 23.1. The molecule has 0 saturated heterocycles. The van der Waals surface area contributed by atoms with Gasteiger partial charge in [0.15, 0.2) is 9.84 Å². The SMILES string of the molecule is Cc1cc(S(=O)(=O)C(C)C)ccc1Nc1ncc2cc(C(F)F)c(=O)n(C(C)C)c2n1. The van der Waals surface area contributed by atoms with Crippen molar-refractivity contribution in [3.63, 3.8) is 0 Å². The van der Waals surface area contributed by atoms with Gasteiger partial charge in [-0.05, 0) is 64.4 Å². The molecule has 3 aromatic rings. The van der Waals surface area contributed by atoms with Crippen molar-refractivity contribution in [2.75, 3.05) is 5.32 Å². The molecule has 3 rings (SSSR count). The fourth-order valence-corrected chi connectivity index (χ4v) is 4.33. The number of hydrogen-bond acceptors (Lipinski definition) is 6. The second-order valence-electron chi connectivity index (χ2n) is 7.84. The van der Waals surface area contributed by atoms with E-state index in [0.717, 1.165) is 6.07 Å². The molecule has 0 fully saturated rings. The third-order valence-electron chi connectivity index (χ3n) is 4.95. The van der Waals surface area contributed by atoms with Crippen LogP contribution in [0, 0.1) is 6.92 Å². The van der Waals surface area contributed by atoms with Crippen LogP contribution in [0.3, 0.4) is 0 Å². The number of rotatable bonds is 6. The van der Waals surface area contributed by atoms with Gasteiger partial charge in [0.05, 0.1) is 15.7 Å². The molecule has 0 atom stereocenters. The van der Waals surface area contributed by atoms with Gasteiger partial charge in [0, 0.05) is 23.3 Å². The molecule has 0 aliphatic heterocycles. The molecule has 31 heavy (non-hydrogen) atoms. The molecular weight excluding hydrogens is 426 g/mol. The van der Waals surface area contributed by atoms with Gasteiger partial charge in [-0.1, -0.05) is 0 Å². The first-order valence-electron chi connectivity index (χ1n) is 9.75. The van der Waals surface area contributed by atoms with Crippen molar-refractivity contribution >= 4 is 32.5 Å². The number of fused-ring (bicyclic) bond motifs is 1. The fourth-order valence-electron chi connectivity index (χ4n) is 3.18. The summed E-state index contributed by atoms with van der Waals surface area (Å²) in [4.78, 5) is 21.3. The molecule has 2 aromatic heterocycles. The summed E-state index contributed by atoms with van der Waals surface area (Å²) in [7, 11) is -3.41. The van der Waals surface area contributed by atoms with E-state index in [0.29, 0.717) is 16.6 Å². The third-order valence-corrected chi connectivity index (χ3v) is 7.10. The highest BCUT2D eigenvalue weighted by atomic mass is 32.2. The van der Waals surface area contributed by atoms with Gasteiger partial charge in [0.25, 0.3) is 12.0 Å². The maximum Gasteiger partial charge on any atom is 0.269 e. The number of nitrogens with zero attached hydrogens (tertiary/aromatic N) is 3. The molecule has 0 amide bonds. The van der Waals surface area contributed by atoms with E-state index in [4.69, 9.17) is 0 Å². The van der Waals surface area contributed by atoms with Gasteiger partial charge in [-0.3, -0.25) is 9.36 Å². The molecule has 0 unspecified atom stereocenters. The third kappa shape index (κ3) is 4.30. The number of alkyl halides is 2. The number of halogens is 2. The van der Waals surface area contributed by atoms with Crippen molar-refractivity contribution in [1.29, 1.82) is 0 Å². The summed E-state index contributed by atoms with van der Waals surface area (Å²) in [6.07, 6.45) is -1.52. The summed E-state index contributed by atoms with van der Waals surface area (Å²) in [6.45, 7) is 8.41. The summed E-state index contributed by atoms with van der Waals surface area (Å²) in [5.41, 5.74) is 0.104. The Morgan fingerprint density at radius 3 is 2.32 bits per heavy atom. The van der Waals surface area contributed by atoms with Crippen molar-refractivity contribution in [2.45, 2.75) is 57.2 Å². The van der Waals surface area contributed by atoms with Crippen LogP contribution in [0.5, 0.6) is 0 Å². The van der Waals surface area contributed by atoms with Crippen molar-refractivity contribution in [3.8, 4) is 0 Å². The minimum atomic E-state index is -3.41. The van der Waals surface area contributed by atoms with E-state index in [1.807, 2.05) is 0 Å². The maximum atomic E-state index is 13.3. The monoisotopic (exact) mass is 450 g/mol. The minimum absolute atomic E-state index is 0.161. The van der Waals surface area contributed by atoms with Crippen molar-refractivity contribution < 1.29 is 17.2 Å². The lowest BCUT2D eigenvalue weighted by Crippen LogP contribution is -2.26. The van der Waals surface area contributed by atoms with Crippen LogP contribution in [0.4, 0.5) is 20.4 Å². The molecule has 0 bridgehead atoms. The van der Waals surface area contributed by atoms with Crippen LogP contribution in [0.2, 0.25) is 0 Å². The van der Waals surface area contributed by atoms with Gasteiger partial charge < -0.3 is 5.32 Å². The van der Waals surface area contributed by atoms with Gasteiger partial charge in [0.1, 0.15) is 5.65 Å². The number of sulfone groups is 1. The van der Waals surface area contributed by atoms with E-state index in [1.54, 1.807) is 46.8 Å². The number of aromatic nitrogens is 3. The Hall–Kier alpha value is -2.88. The lowest BCUT2D eigenvalue weighted by atomic mass is 10.2. The summed E-state index contributed by atoms with van der Waals surface area (Å²) >= 11 is 0. The highest BCUT2D eigenvalue weighted by Crippen LogP contribution is 2.26. The standard InChI is InChI=1S/C21H24F2N4O3S/c1-11(2)27-19-14(9-16(18(22)23)20(27)28)10-24-21(26-19)25-17-7-6-15(8-13(17)5)31(29,30)12(3)4/h6-12,18H,1-5H3,(H,24,25,26). The van der Waals surface area contributed by atoms with Gasteiger partial charge in [0.2, 0.25) is 5.95 Å². The molecule has 1 N–H and O–H groups in total. The van der Waals surface area contributed by atoms with Crippen molar-refractivity contribution in [3.05, 3.63) is 51.9 Å². The molecule has 0 aliphatic rings. The number of benzene rings is 1. The Kier molecular flexibility index (Phi) is 6.13. The zero-order valence-corrected chi connectivity index (χ0v) is 18.7. The van der Waals surface area contributed by atoms with Crippen LogP contribution in [0.1, 0.15) is 51.3 Å². The average molecular weight is 451 g/mol. The molecule has 0 saturated carbocycles. The van der Waals surface area contributed by atoms with Crippen LogP contribution in [-0.4, -0.2) is 28.2 Å². The fraction of sp³-hybridized carbons (Fsp3) is 0.381. The summed E-state index contributed by atoms with van der Waals surface area (Å²) < 4.78 is 52.5. The lowest BCUT2D eigenvalue weighted by molar-refractivity contribution is 0.149. The smallest absolute Gasteiger partial charge is 0.269 e. The zero-order valence-electron chi connectivity index (χ0n) is 17.8. The molecule has 0 radical (unpaired) electrons. The van der Waals surface area contributed by atoms with Crippen molar-refractivity contribution in [1.82, 2.24) is 14.5 Å². The average Bonchev–Trinajstić information content (AvgIpc) is 2.68. The number of nitrogens with one attached hydrogen (secondary N) is 1. The van der Waals surface area contributed by atoms with Crippen LogP contribution >= 0.6 is 0 Å². The maximum absolute atomic E-state index is 13.3. The predicted molar refractivity (Wildman–Crippen MR) is 116 cm³/mol. The van der Waals surface area contributed by atoms with E-state index in [-0.39, 0.29) is 16.5 Å². The highest BCUT2D eigenvalue weighted by Gasteiger charge is 2.21. The Morgan fingerprint density at radius 2 is 1.77 bits per heavy atom. The highest BCUT2D eigenvalue weighted by molar-refractivity contribution is 7.92. The van der Waals surface area contributed by atoms with Gasteiger partial charge in [-0.25, -0.2) is 22.2 Å². The quantitative estimate of drug-likeness (QED) is 0.592. The van der Waals surface area contributed by atoms with Gasteiger partial charge in [-0.15, -0.1) is 0 Å². The largest absolute Gasteiger partial charge is 0.324 e. The second kappa shape index (κ2) is 8.33. The number of hydrogen-bond donors (Lipinski definition) is 1. The molecule has 2 heterocycles. The lowest BCUT2D eigenvalue weighted by Gasteiger charge is -2.16. The van der Waals surface area contributed by atoms with Gasteiger partial charge in [-0.2, -0.15) is 4.98 Å². The second-order valence-corrected chi connectivity index (χ2v) is 10.3. The van der Waals surface area contributed by atoms with E-state index in [9.17, 15) is 22.0 Å². The predicted octanol–water partition coefficient (Wildman–Crippen LogP) is 4.54. The number of anilines is 2. The molecule has 10 heteroatoms. The first-order chi connectivity index (χ1) is 14.4. The summed E-state index contributed by atoms with van der Waals surface area (Å²) in [5.74, 6) is 0.161. The first-order valence-corrected chi connectivity index (χ1v) is 11.3. The molecular formula is C21H24F2N4O3S. The Balaban J connectivity index is 2.06. The Labute approximate surface area is 179 Å². The Morgan fingerprint density at radius 1 is 1.10 bits per heavy atom. The van der Waals surface area contributed by atoms with Crippen LogP contribution < -0.4 is 10.9 Å². The van der Waals surface area contributed by atoms with E-state index >= 15 is 0 Å². The Bertz CT molecular complexity index is 1300. The van der Waals surface area contributed by atoms with E-state index in [1.165, 1.54) is 16.8 Å².